The van der Waals surface area contributed by atoms with Crippen LogP contribution in [0.15, 0.2) is 84.9 Å². The molecule has 3 aromatic carbocycles. The lowest BCUT2D eigenvalue weighted by atomic mass is 9.90. The van der Waals surface area contributed by atoms with E-state index in [1.807, 2.05) is 22.7 Å². The molecule has 5 aromatic rings. The number of fused-ring (bicyclic) bond motifs is 3. The molecule has 0 aliphatic carbocycles. The Morgan fingerprint density at radius 1 is 0.781 bits per heavy atom. The second-order valence-electron chi connectivity index (χ2n) is 8.61. The molecule has 0 spiro atoms. The van der Waals surface area contributed by atoms with Crippen LogP contribution in [-0.2, 0) is 6.42 Å². The normalized spacial score (nSPS) is 14.9. The van der Waals surface area contributed by atoms with Crippen LogP contribution in [-0.4, -0.2) is 32.9 Å². The summed E-state index contributed by atoms with van der Waals surface area (Å²) >= 11 is 0. The molecule has 1 aliphatic rings. The molecule has 0 atom stereocenters. The van der Waals surface area contributed by atoms with Crippen molar-refractivity contribution < 1.29 is 0 Å². The number of aromatic nitrogens is 4. The van der Waals surface area contributed by atoms with Gasteiger partial charge in [-0.3, -0.25) is 0 Å². The Morgan fingerprint density at radius 3 is 2.25 bits per heavy atom. The molecule has 0 unspecified atom stereocenters. The number of hydrogen-bond acceptors (Lipinski definition) is 4. The standard InChI is InChI=1S/C27H25N5/c1-3-9-20(10-4-1)19-21-15-17-31(18-16-21)26-23-13-7-8-14-24(23)32-27(28-26)25(29-30-32)22-11-5-2-6-12-22/h1-14,21H,15-19H2. The van der Waals surface area contributed by atoms with Crippen molar-refractivity contribution in [3.8, 4) is 11.3 Å². The van der Waals surface area contributed by atoms with E-state index in [1.165, 1.54) is 18.4 Å². The number of nitrogens with zero attached hydrogens (tertiary/aromatic N) is 5. The fraction of sp³-hybridized carbons (Fsp3) is 0.222. The molecular weight excluding hydrogens is 394 g/mol. The van der Waals surface area contributed by atoms with Crippen molar-refractivity contribution in [1.82, 2.24) is 19.8 Å². The fourth-order valence-electron chi connectivity index (χ4n) is 4.87. The molecule has 1 fully saturated rings. The summed E-state index contributed by atoms with van der Waals surface area (Å²) in [5.74, 6) is 1.77. The topological polar surface area (TPSA) is 46.3 Å². The molecule has 1 saturated heterocycles. The van der Waals surface area contributed by atoms with Gasteiger partial charge in [-0.15, -0.1) is 5.10 Å². The lowest BCUT2D eigenvalue weighted by Gasteiger charge is -2.33. The highest BCUT2D eigenvalue weighted by Gasteiger charge is 2.24. The van der Waals surface area contributed by atoms with E-state index in [0.29, 0.717) is 0 Å². The molecule has 0 bridgehead atoms. The monoisotopic (exact) mass is 419 g/mol. The van der Waals surface area contributed by atoms with E-state index in [1.54, 1.807) is 0 Å². The highest BCUT2D eigenvalue weighted by molar-refractivity contribution is 5.93. The third-order valence-corrected chi connectivity index (χ3v) is 6.56. The summed E-state index contributed by atoms with van der Waals surface area (Å²) in [6.07, 6.45) is 3.52. The van der Waals surface area contributed by atoms with Gasteiger partial charge in [0.15, 0.2) is 5.65 Å². The van der Waals surface area contributed by atoms with Crippen LogP contribution in [0.25, 0.3) is 27.8 Å². The summed E-state index contributed by atoms with van der Waals surface area (Å²) in [6.45, 7) is 2.04. The second kappa shape index (κ2) is 8.08. The Kier molecular flexibility index (Phi) is 4.79. The predicted molar refractivity (Wildman–Crippen MR) is 129 cm³/mol. The first-order valence-corrected chi connectivity index (χ1v) is 11.4. The summed E-state index contributed by atoms with van der Waals surface area (Å²) in [5.41, 5.74) is 5.17. The van der Waals surface area contributed by atoms with Gasteiger partial charge in [0.1, 0.15) is 11.5 Å². The molecule has 2 aromatic heterocycles. The minimum atomic E-state index is 0.722. The van der Waals surface area contributed by atoms with Gasteiger partial charge < -0.3 is 4.90 Å². The van der Waals surface area contributed by atoms with E-state index in [2.05, 4.69) is 81.9 Å². The van der Waals surface area contributed by atoms with Gasteiger partial charge in [-0.25, -0.2) is 4.98 Å². The van der Waals surface area contributed by atoms with Crippen molar-refractivity contribution in [2.75, 3.05) is 18.0 Å². The molecule has 1 aliphatic heterocycles. The van der Waals surface area contributed by atoms with Crippen LogP contribution in [0.1, 0.15) is 18.4 Å². The Hall–Kier alpha value is -3.73. The van der Waals surface area contributed by atoms with Crippen molar-refractivity contribution >= 4 is 22.4 Å². The number of benzene rings is 3. The van der Waals surface area contributed by atoms with E-state index < -0.39 is 0 Å². The Morgan fingerprint density at radius 2 is 1.47 bits per heavy atom. The van der Waals surface area contributed by atoms with Crippen LogP contribution >= 0.6 is 0 Å². The molecule has 0 amide bonds. The van der Waals surface area contributed by atoms with Crippen LogP contribution in [0.3, 0.4) is 0 Å². The highest BCUT2D eigenvalue weighted by atomic mass is 15.4. The lowest BCUT2D eigenvalue weighted by Crippen LogP contribution is -2.35. The molecule has 0 saturated carbocycles. The molecule has 0 N–H and O–H groups in total. The first kappa shape index (κ1) is 19.0. The van der Waals surface area contributed by atoms with Crippen LogP contribution in [0, 0.1) is 5.92 Å². The minimum Gasteiger partial charge on any atom is -0.356 e. The van der Waals surface area contributed by atoms with Gasteiger partial charge in [0.25, 0.3) is 0 Å². The van der Waals surface area contributed by atoms with E-state index in [0.717, 1.165) is 59.1 Å². The van der Waals surface area contributed by atoms with Gasteiger partial charge in [0.2, 0.25) is 0 Å². The molecule has 5 heteroatoms. The minimum absolute atomic E-state index is 0.722. The Balaban J connectivity index is 1.36. The summed E-state index contributed by atoms with van der Waals surface area (Å²) < 4.78 is 1.88. The third kappa shape index (κ3) is 3.40. The maximum Gasteiger partial charge on any atom is 0.186 e. The Labute approximate surface area is 187 Å². The van der Waals surface area contributed by atoms with E-state index in [4.69, 9.17) is 4.98 Å². The van der Waals surface area contributed by atoms with Gasteiger partial charge in [-0.2, -0.15) is 4.52 Å². The highest BCUT2D eigenvalue weighted by Crippen LogP contribution is 2.32. The molecular formula is C27H25N5. The van der Waals surface area contributed by atoms with Gasteiger partial charge in [-0.1, -0.05) is 78.0 Å². The number of anilines is 1. The van der Waals surface area contributed by atoms with Gasteiger partial charge in [0, 0.05) is 24.0 Å². The van der Waals surface area contributed by atoms with E-state index >= 15 is 0 Å². The molecule has 5 nitrogen and oxygen atoms in total. The smallest absolute Gasteiger partial charge is 0.186 e. The zero-order valence-electron chi connectivity index (χ0n) is 17.9. The molecule has 158 valence electrons. The average Bonchev–Trinajstić information content (AvgIpc) is 3.30. The number of rotatable bonds is 4. The average molecular weight is 420 g/mol. The van der Waals surface area contributed by atoms with E-state index in [-0.39, 0.29) is 0 Å². The number of piperidine rings is 1. The summed E-state index contributed by atoms with van der Waals surface area (Å²) in [7, 11) is 0. The zero-order chi connectivity index (χ0) is 21.3. The molecule has 32 heavy (non-hydrogen) atoms. The maximum absolute atomic E-state index is 5.14. The molecule has 6 rings (SSSR count). The fourth-order valence-corrected chi connectivity index (χ4v) is 4.87. The van der Waals surface area contributed by atoms with Gasteiger partial charge in [0.05, 0.1) is 5.52 Å². The van der Waals surface area contributed by atoms with Crippen LogP contribution in [0.2, 0.25) is 0 Å². The summed E-state index contributed by atoms with van der Waals surface area (Å²) in [6, 6.07) is 29.5. The first-order valence-electron chi connectivity index (χ1n) is 11.4. The largest absolute Gasteiger partial charge is 0.356 e. The lowest BCUT2D eigenvalue weighted by molar-refractivity contribution is 0.403. The predicted octanol–water partition coefficient (Wildman–Crippen LogP) is 5.40. The quantitative estimate of drug-likeness (QED) is 0.391. The van der Waals surface area contributed by atoms with Gasteiger partial charge >= 0.3 is 0 Å². The summed E-state index contributed by atoms with van der Waals surface area (Å²) in [4.78, 5) is 7.59. The SMILES string of the molecule is c1ccc(CC2CCN(c3nc4c(-c5ccccc5)nnn4c4ccccc34)CC2)cc1. The first-order chi connectivity index (χ1) is 15.9. The van der Waals surface area contributed by atoms with Gasteiger partial charge in [-0.05, 0) is 42.9 Å². The molecule has 0 radical (unpaired) electrons. The van der Waals surface area contributed by atoms with Crippen LogP contribution in [0.4, 0.5) is 5.82 Å². The number of hydrogen-bond donors (Lipinski definition) is 0. The number of para-hydroxylation sites is 1. The van der Waals surface area contributed by atoms with Crippen LogP contribution < -0.4 is 4.90 Å². The third-order valence-electron chi connectivity index (χ3n) is 6.56. The van der Waals surface area contributed by atoms with Crippen molar-refractivity contribution in [3.05, 3.63) is 90.5 Å². The van der Waals surface area contributed by atoms with E-state index in [9.17, 15) is 0 Å². The maximum atomic E-state index is 5.14. The van der Waals surface area contributed by atoms with Crippen molar-refractivity contribution in [2.24, 2.45) is 5.92 Å². The van der Waals surface area contributed by atoms with Crippen LogP contribution in [0.5, 0.6) is 0 Å². The second-order valence-corrected chi connectivity index (χ2v) is 8.61. The van der Waals surface area contributed by atoms with Crippen molar-refractivity contribution in [2.45, 2.75) is 19.3 Å². The van der Waals surface area contributed by atoms with Crippen molar-refractivity contribution in [3.63, 3.8) is 0 Å². The zero-order valence-corrected chi connectivity index (χ0v) is 17.9. The summed E-state index contributed by atoms with van der Waals surface area (Å²) in [5, 5.41) is 10.1. The van der Waals surface area contributed by atoms with Crippen molar-refractivity contribution in [1.29, 1.82) is 0 Å². The molecule has 3 heterocycles. The Bertz CT molecular complexity index is 1350.